The van der Waals surface area contributed by atoms with Crippen LogP contribution in [0.3, 0.4) is 0 Å². The molecule has 0 unspecified atom stereocenters. The summed E-state index contributed by atoms with van der Waals surface area (Å²) in [6.45, 7) is 4.75. The Kier molecular flexibility index (Phi) is 7.03. The van der Waals surface area contributed by atoms with E-state index in [0.717, 1.165) is 52.6 Å². The largest absolute Gasteiger partial charge is 0.497 e. The number of halogens is 2. The van der Waals surface area contributed by atoms with Gasteiger partial charge in [-0.1, -0.05) is 30.2 Å². The van der Waals surface area contributed by atoms with Crippen LogP contribution < -0.4 is 10.1 Å². The number of amides is 1. The summed E-state index contributed by atoms with van der Waals surface area (Å²) in [4.78, 5) is 15.7. The van der Waals surface area contributed by atoms with Crippen molar-refractivity contribution in [2.45, 2.75) is 32.2 Å². The molecular formula is C26H29Cl2N3O2. The van der Waals surface area contributed by atoms with E-state index in [1.807, 2.05) is 55.5 Å². The lowest BCUT2D eigenvalue weighted by Gasteiger charge is -2.38. The van der Waals surface area contributed by atoms with Gasteiger partial charge in [0.05, 0.1) is 40.8 Å². The van der Waals surface area contributed by atoms with Crippen molar-refractivity contribution in [2.75, 3.05) is 26.7 Å². The Bertz CT molecular complexity index is 1150. The Labute approximate surface area is 206 Å². The van der Waals surface area contributed by atoms with E-state index in [1.54, 1.807) is 7.11 Å². The number of benzene rings is 2. The molecule has 1 saturated heterocycles. The molecule has 3 heterocycles. The highest BCUT2D eigenvalue weighted by Crippen LogP contribution is 2.42. The number of aromatic nitrogens is 1. The number of methoxy groups -OCH3 is 1. The minimum atomic E-state index is -0.00803. The van der Waals surface area contributed by atoms with Crippen molar-refractivity contribution >= 4 is 29.9 Å². The number of fused-ring (bicyclic) bond motifs is 1. The first-order chi connectivity index (χ1) is 15.6. The zero-order valence-electron chi connectivity index (χ0n) is 18.9. The van der Waals surface area contributed by atoms with Gasteiger partial charge < -0.3 is 14.6 Å². The molecule has 0 aliphatic carbocycles. The molecule has 3 aromatic rings. The third kappa shape index (κ3) is 4.14. The molecule has 5 rings (SSSR count). The summed E-state index contributed by atoms with van der Waals surface area (Å²) in [7, 11) is 1.67. The van der Waals surface area contributed by atoms with E-state index in [9.17, 15) is 4.79 Å². The fourth-order valence-corrected chi connectivity index (χ4v) is 5.42. The number of ether oxygens (including phenoxy) is 1. The Morgan fingerprint density at radius 3 is 2.39 bits per heavy atom. The van der Waals surface area contributed by atoms with Crippen LogP contribution in [0.25, 0.3) is 16.9 Å². The van der Waals surface area contributed by atoms with Gasteiger partial charge in [-0.05, 0) is 80.4 Å². The number of nitrogens with zero attached hydrogens (tertiary/aromatic N) is 2. The molecular weight excluding hydrogens is 457 g/mol. The van der Waals surface area contributed by atoms with Crippen molar-refractivity contribution in [2.24, 2.45) is 0 Å². The Balaban J connectivity index is 0.00000259. The first kappa shape index (κ1) is 23.7. The fraction of sp³-hybridized carbons (Fsp3) is 0.346. The lowest BCUT2D eigenvalue weighted by atomic mass is 9.97. The molecule has 174 valence electrons. The zero-order valence-corrected chi connectivity index (χ0v) is 20.5. The molecule has 33 heavy (non-hydrogen) atoms. The van der Waals surface area contributed by atoms with E-state index in [0.29, 0.717) is 11.6 Å². The summed E-state index contributed by atoms with van der Waals surface area (Å²) in [5.74, 6) is 0.794. The molecule has 2 aliphatic heterocycles. The lowest BCUT2D eigenvalue weighted by Crippen LogP contribution is -2.45. The van der Waals surface area contributed by atoms with Gasteiger partial charge in [-0.15, -0.1) is 12.4 Å². The highest BCUT2D eigenvalue weighted by molar-refractivity contribution is 6.32. The van der Waals surface area contributed by atoms with Crippen LogP contribution >= 0.6 is 24.0 Å². The van der Waals surface area contributed by atoms with Crippen LogP contribution in [-0.2, 0) is 0 Å². The van der Waals surface area contributed by atoms with Crippen LogP contribution in [0, 0.1) is 6.92 Å². The maximum atomic E-state index is 13.2. The topological polar surface area (TPSA) is 46.5 Å². The first-order valence-electron chi connectivity index (χ1n) is 11.3. The fourth-order valence-electron chi connectivity index (χ4n) is 5.20. The summed E-state index contributed by atoms with van der Waals surface area (Å²) in [5, 5.41) is 3.83. The molecule has 2 aliphatic rings. The zero-order chi connectivity index (χ0) is 22.2. The number of hydrogen-bond acceptors (Lipinski definition) is 3. The van der Waals surface area contributed by atoms with Gasteiger partial charge in [0.2, 0.25) is 0 Å². The van der Waals surface area contributed by atoms with Crippen LogP contribution in [0.2, 0.25) is 5.02 Å². The summed E-state index contributed by atoms with van der Waals surface area (Å²) < 4.78 is 7.59. The third-order valence-electron chi connectivity index (χ3n) is 6.74. The molecule has 5 nitrogen and oxygen atoms in total. The smallest absolute Gasteiger partial charge is 0.253 e. The lowest BCUT2D eigenvalue weighted by molar-refractivity contribution is 0.0885. The molecule has 0 saturated carbocycles. The average Bonchev–Trinajstić information content (AvgIpc) is 3.14. The quantitative estimate of drug-likeness (QED) is 0.507. The third-order valence-corrected chi connectivity index (χ3v) is 7.06. The Hall–Kier alpha value is -2.47. The van der Waals surface area contributed by atoms with Gasteiger partial charge in [-0.2, -0.15) is 0 Å². The summed E-state index contributed by atoms with van der Waals surface area (Å²) >= 11 is 6.73. The van der Waals surface area contributed by atoms with Crippen molar-refractivity contribution in [3.8, 4) is 22.7 Å². The second-order valence-electron chi connectivity index (χ2n) is 8.57. The molecule has 1 atom stereocenters. The van der Waals surface area contributed by atoms with E-state index < -0.39 is 0 Å². The molecule has 1 amide bonds. The first-order valence-corrected chi connectivity index (χ1v) is 11.6. The maximum Gasteiger partial charge on any atom is 0.253 e. The normalized spacial score (nSPS) is 18.3. The molecule has 1 aromatic heterocycles. The summed E-state index contributed by atoms with van der Waals surface area (Å²) in [6, 6.07) is 16.0. The van der Waals surface area contributed by atoms with Crippen molar-refractivity contribution < 1.29 is 9.53 Å². The summed E-state index contributed by atoms with van der Waals surface area (Å²) in [6.07, 6.45) is 3.65. The van der Waals surface area contributed by atoms with Crippen molar-refractivity contribution in [1.82, 2.24) is 14.8 Å². The monoisotopic (exact) mass is 485 g/mol. The van der Waals surface area contributed by atoms with E-state index in [-0.39, 0.29) is 24.4 Å². The molecule has 0 spiro atoms. The number of carbonyl (C=O) groups is 1. The van der Waals surface area contributed by atoms with Gasteiger partial charge >= 0.3 is 0 Å². The number of hydrogen-bond donors (Lipinski definition) is 1. The van der Waals surface area contributed by atoms with Gasteiger partial charge in [-0.3, -0.25) is 9.69 Å². The van der Waals surface area contributed by atoms with Gasteiger partial charge in [0, 0.05) is 6.54 Å². The minimum Gasteiger partial charge on any atom is -0.497 e. The molecule has 1 N–H and O–H groups in total. The second-order valence-corrected chi connectivity index (χ2v) is 8.98. The standard InChI is InChI=1S/C26H28ClN3O2.ClH/c1-17-23-25(22(16-28-26(23)31)29-14-6-3-7-15-29)30(21-9-5-4-8-20(21)27)24(17)18-10-12-19(32-2)13-11-18;/h4-5,8-13,22H,3,6-7,14-16H2,1-2H3,(H,28,31);1H/t22-;/m0./s1. The van der Waals surface area contributed by atoms with Gasteiger partial charge in [0.1, 0.15) is 5.75 Å². The number of carbonyl (C=O) groups excluding carboxylic acids is 1. The van der Waals surface area contributed by atoms with Crippen LogP contribution in [0.4, 0.5) is 0 Å². The van der Waals surface area contributed by atoms with Gasteiger partial charge in [0.25, 0.3) is 5.91 Å². The Morgan fingerprint density at radius 1 is 1.03 bits per heavy atom. The van der Waals surface area contributed by atoms with Gasteiger partial charge in [0.15, 0.2) is 0 Å². The van der Waals surface area contributed by atoms with Crippen LogP contribution in [0.1, 0.15) is 46.9 Å². The van der Waals surface area contributed by atoms with E-state index in [4.69, 9.17) is 16.3 Å². The number of nitrogens with one attached hydrogen (secondary N) is 1. The molecule has 2 aromatic carbocycles. The molecule has 0 bridgehead atoms. The maximum absolute atomic E-state index is 13.2. The molecule has 0 radical (unpaired) electrons. The predicted molar refractivity (Wildman–Crippen MR) is 135 cm³/mol. The molecule has 7 heteroatoms. The highest BCUT2D eigenvalue weighted by atomic mass is 35.5. The number of rotatable bonds is 4. The van der Waals surface area contributed by atoms with E-state index in [1.165, 1.54) is 19.3 Å². The van der Waals surface area contributed by atoms with Crippen LogP contribution in [0.15, 0.2) is 48.5 Å². The van der Waals surface area contributed by atoms with Crippen molar-refractivity contribution in [3.05, 3.63) is 70.4 Å². The average molecular weight is 486 g/mol. The van der Waals surface area contributed by atoms with Crippen molar-refractivity contribution in [1.29, 1.82) is 0 Å². The van der Waals surface area contributed by atoms with E-state index >= 15 is 0 Å². The number of piperidine rings is 1. The Morgan fingerprint density at radius 2 is 1.73 bits per heavy atom. The second kappa shape index (κ2) is 9.80. The van der Waals surface area contributed by atoms with Gasteiger partial charge in [-0.25, -0.2) is 0 Å². The SMILES string of the molecule is COc1ccc(-c2c(C)c3c(n2-c2ccccc2Cl)[C@@H](N2CCCCC2)CNC3=O)cc1.Cl. The minimum absolute atomic E-state index is 0. The van der Waals surface area contributed by atoms with Crippen molar-refractivity contribution in [3.63, 3.8) is 0 Å². The summed E-state index contributed by atoms with van der Waals surface area (Å²) in [5.41, 5.74) is 5.74. The predicted octanol–water partition coefficient (Wildman–Crippen LogP) is 5.81. The van der Waals surface area contributed by atoms with Crippen LogP contribution in [-0.4, -0.2) is 42.1 Å². The molecule has 1 fully saturated rings. The highest BCUT2D eigenvalue weighted by Gasteiger charge is 2.38. The van der Waals surface area contributed by atoms with Crippen LogP contribution in [0.5, 0.6) is 5.75 Å². The number of para-hydroxylation sites is 1. The van der Waals surface area contributed by atoms with E-state index in [2.05, 4.69) is 14.8 Å². The number of likely N-dealkylation sites (tertiary alicyclic amines) is 1.